The Kier molecular flexibility index (Phi) is 5.65. The van der Waals surface area contributed by atoms with E-state index in [2.05, 4.69) is 29.6 Å². The van der Waals surface area contributed by atoms with Gasteiger partial charge in [0.2, 0.25) is 0 Å². The summed E-state index contributed by atoms with van der Waals surface area (Å²) >= 11 is 0. The van der Waals surface area contributed by atoms with Crippen LogP contribution in [0.4, 0.5) is 0 Å². The first kappa shape index (κ1) is 17.0. The van der Waals surface area contributed by atoms with Crippen LogP contribution < -0.4 is 5.32 Å². The Balaban J connectivity index is 1.73. The van der Waals surface area contributed by atoms with Gasteiger partial charge in [-0.05, 0) is 23.3 Å². The second-order valence-corrected chi connectivity index (χ2v) is 5.78. The van der Waals surface area contributed by atoms with Gasteiger partial charge in [-0.1, -0.05) is 60.7 Å². The minimum atomic E-state index is -0.223. The molecule has 1 aromatic heterocycles. The molecule has 1 amide bonds. The number of amides is 1. The number of furan rings is 1. The summed E-state index contributed by atoms with van der Waals surface area (Å²) < 4.78 is 10.5. The highest BCUT2D eigenvalue weighted by atomic mass is 16.5. The SMILES string of the molecule is COCc1ccc(C(=O)NCC(c2ccccc2)c2ccccc2)o1. The molecule has 0 spiro atoms. The Hall–Kier alpha value is -2.85. The second-order valence-electron chi connectivity index (χ2n) is 5.78. The van der Waals surface area contributed by atoms with Crippen LogP contribution in [-0.2, 0) is 11.3 Å². The molecule has 4 heteroatoms. The average molecular weight is 335 g/mol. The molecular formula is C21H21NO3. The van der Waals surface area contributed by atoms with Crippen molar-refractivity contribution in [3.63, 3.8) is 0 Å². The number of rotatable bonds is 7. The van der Waals surface area contributed by atoms with Gasteiger partial charge < -0.3 is 14.5 Å². The van der Waals surface area contributed by atoms with Crippen LogP contribution in [0.1, 0.15) is 33.4 Å². The molecule has 0 saturated heterocycles. The van der Waals surface area contributed by atoms with Crippen molar-refractivity contribution in [1.29, 1.82) is 0 Å². The summed E-state index contributed by atoms with van der Waals surface area (Å²) in [5.74, 6) is 0.793. The van der Waals surface area contributed by atoms with Gasteiger partial charge in [-0.3, -0.25) is 4.79 Å². The summed E-state index contributed by atoms with van der Waals surface area (Å²) in [6.45, 7) is 0.844. The standard InChI is InChI=1S/C21H21NO3/c1-24-15-18-12-13-20(25-18)21(23)22-14-19(16-8-4-2-5-9-16)17-10-6-3-7-11-17/h2-13,19H,14-15H2,1H3,(H,22,23). The number of nitrogens with one attached hydrogen (secondary N) is 1. The van der Waals surface area contributed by atoms with Crippen molar-refractivity contribution in [3.8, 4) is 0 Å². The van der Waals surface area contributed by atoms with Crippen molar-refractivity contribution in [2.24, 2.45) is 0 Å². The summed E-state index contributed by atoms with van der Waals surface area (Å²) in [5, 5.41) is 2.98. The van der Waals surface area contributed by atoms with Crippen LogP contribution in [0.3, 0.4) is 0 Å². The van der Waals surface area contributed by atoms with E-state index in [1.807, 2.05) is 36.4 Å². The van der Waals surface area contributed by atoms with Crippen molar-refractivity contribution in [2.75, 3.05) is 13.7 Å². The summed E-state index contributed by atoms with van der Waals surface area (Å²) in [6.07, 6.45) is 0. The number of hydrogen-bond acceptors (Lipinski definition) is 3. The lowest BCUT2D eigenvalue weighted by atomic mass is 9.91. The summed E-state index contributed by atoms with van der Waals surface area (Å²) in [4.78, 5) is 12.4. The van der Waals surface area contributed by atoms with Crippen molar-refractivity contribution < 1.29 is 13.9 Å². The van der Waals surface area contributed by atoms with Gasteiger partial charge in [0.05, 0.1) is 0 Å². The Morgan fingerprint density at radius 2 is 1.56 bits per heavy atom. The van der Waals surface area contributed by atoms with Crippen LogP contribution in [0.5, 0.6) is 0 Å². The van der Waals surface area contributed by atoms with Gasteiger partial charge in [-0.2, -0.15) is 0 Å². The van der Waals surface area contributed by atoms with E-state index in [9.17, 15) is 4.79 Å². The van der Waals surface area contributed by atoms with Gasteiger partial charge in [-0.25, -0.2) is 0 Å². The molecule has 1 N–H and O–H groups in total. The number of hydrogen-bond donors (Lipinski definition) is 1. The molecule has 0 aliphatic carbocycles. The molecule has 0 unspecified atom stereocenters. The zero-order valence-corrected chi connectivity index (χ0v) is 14.1. The molecule has 0 atom stereocenters. The molecule has 2 aromatic carbocycles. The van der Waals surface area contributed by atoms with Gasteiger partial charge >= 0.3 is 0 Å². The highest BCUT2D eigenvalue weighted by molar-refractivity contribution is 5.91. The maximum Gasteiger partial charge on any atom is 0.287 e. The van der Waals surface area contributed by atoms with Gasteiger partial charge in [0.25, 0.3) is 5.91 Å². The molecule has 0 aliphatic rings. The quantitative estimate of drug-likeness (QED) is 0.710. The molecule has 128 valence electrons. The Morgan fingerprint density at radius 3 is 2.12 bits per heavy atom. The van der Waals surface area contributed by atoms with Crippen LogP contribution in [-0.4, -0.2) is 19.6 Å². The van der Waals surface area contributed by atoms with E-state index < -0.39 is 0 Å². The summed E-state index contributed by atoms with van der Waals surface area (Å²) in [5.41, 5.74) is 2.32. The lowest BCUT2D eigenvalue weighted by Crippen LogP contribution is -2.28. The maximum atomic E-state index is 12.4. The second kappa shape index (κ2) is 8.31. The van der Waals surface area contributed by atoms with Gasteiger partial charge in [0, 0.05) is 19.6 Å². The number of ether oxygens (including phenoxy) is 1. The number of carbonyl (C=O) groups excluding carboxylic acids is 1. The molecule has 4 nitrogen and oxygen atoms in total. The first-order valence-corrected chi connectivity index (χ1v) is 8.23. The number of carbonyl (C=O) groups is 1. The van der Waals surface area contributed by atoms with E-state index in [1.165, 1.54) is 0 Å². The van der Waals surface area contributed by atoms with Crippen molar-refractivity contribution in [3.05, 3.63) is 95.4 Å². The summed E-state index contributed by atoms with van der Waals surface area (Å²) in [7, 11) is 1.59. The van der Waals surface area contributed by atoms with E-state index in [-0.39, 0.29) is 11.8 Å². The highest BCUT2D eigenvalue weighted by Crippen LogP contribution is 2.23. The zero-order valence-electron chi connectivity index (χ0n) is 14.1. The third kappa shape index (κ3) is 4.37. The molecule has 0 fully saturated rings. The van der Waals surface area contributed by atoms with Crippen molar-refractivity contribution >= 4 is 5.91 Å². The van der Waals surface area contributed by atoms with Crippen LogP contribution in [0.25, 0.3) is 0 Å². The fourth-order valence-electron chi connectivity index (χ4n) is 2.80. The Labute approximate surface area is 147 Å². The highest BCUT2D eigenvalue weighted by Gasteiger charge is 2.17. The predicted molar refractivity (Wildman–Crippen MR) is 96.5 cm³/mol. The largest absolute Gasteiger partial charge is 0.453 e. The van der Waals surface area contributed by atoms with Crippen LogP contribution >= 0.6 is 0 Å². The topological polar surface area (TPSA) is 51.5 Å². The van der Waals surface area contributed by atoms with Crippen LogP contribution in [0.15, 0.2) is 77.2 Å². The average Bonchev–Trinajstić information content (AvgIpc) is 3.13. The zero-order chi connectivity index (χ0) is 17.5. The van der Waals surface area contributed by atoms with Crippen LogP contribution in [0, 0.1) is 0 Å². The first-order chi connectivity index (χ1) is 12.3. The van der Waals surface area contributed by atoms with E-state index in [0.29, 0.717) is 24.7 Å². The monoisotopic (exact) mass is 335 g/mol. The van der Waals surface area contributed by atoms with Gasteiger partial charge in [0.1, 0.15) is 12.4 Å². The number of methoxy groups -OCH3 is 1. The van der Waals surface area contributed by atoms with Gasteiger partial charge in [0.15, 0.2) is 5.76 Å². The minimum absolute atomic E-state index is 0.0831. The van der Waals surface area contributed by atoms with Crippen molar-refractivity contribution in [2.45, 2.75) is 12.5 Å². The first-order valence-electron chi connectivity index (χ1n) is 8.23. The summed E-state index contributed by atoms with van der Waals surface area (Å²) in [6, 6.07) is 23.8. The molecule has 0 radical (unpaired) electrons. The Morgan fingerprint density at radius 1 is 0.960 bits per heavy atom. The fraction of sp³-hybridized carbons (Fsp3) is 0.190. The maximum absolute atomic E-state index is 12.4. The van der Waals surface area contributed by atoms with Gasteiger partial charge in [-0.15, -0.1) is 0 Å². The fourth-order valence-corrected chi connectivity index (χ4v) is 2.80. The smallest absolute Gasteiger partial charge is 0.287 e. The lowest BCUT2D eigenvalue weighted by Gasteiger charge is -2.18. The molecular weight excluding hydrogens is 314 g/mol. The molecule has 25 heavy (non-hydrogen) atoms. The third-order valence-corrected chi connectivity index (χ3v) is 4.04. The molecule has 3 aromatic rings. The lowest BCUT2D eigenvalue weighted by molar-refractivity contribution is 0.0916. The predicted octanol–water partition coefficient (Wildman–Crippen LogP) is 3.99. The minimum Gasteiger partial charge on any atom is -0.453 e. The third-order valence-electron chi connectivity index (χ3n) is 4.04. The molecule has 3 rings (SSSR count). The molecule has 0 saturated carbocycles. The van der Waals surface area contributed by atoms with Crippen molar-refractivity contribution in [1.82, 2.24) is 5.32 Å². The van der Waals surface area contributed by atoms with E-state index >= 15 is 0 Å². The normalized spacial score (nSPS) is 10.8. The van der Waals surface area contributed by atoms with E-state index in [4.69, 9.17) is 9.15 Å². The van der Waals surface area contributed by atoms with E-state index in [1.54, 1.807) is 19.2 Å². The molecule has 0 aliphatic heterocycles. The van der Waals surface area contributed by atoms with E-state index in [0.717, 1.165) is 11.1 Å². The molecule has 1 heterocycles. The van der Waals surface area contributed by atoms with Crippen LogP contribution in [0.2, 0.25) is 0 Å². The Bertz CT molecular complexity index is 757. The number of benzene rings is 2. The molecule has 0 bridgehead atoms.